The number of hydrogen-bond donors (Lipinski definition) is 1. The number of ether oxygens (including phenoxy) is 1. The maximum Gasteiger partial charge on any atom is 0.0476 e. The molecule has 3 heteroatoms. The number of thioether (sulfide) groups is 1. The van der Waals surface area contributed by atoms with Gasteiger partial charge in [0.2, 0.25) is 0 Å². The lowest BCUT2D eigenvalue weighted by atomic mass is 10.0. The van der Waals surface area contributed by atoms with Crippen LogP contribution in [0.4, 0.5) is 0 Å². The van der Waals surface area contributed by atoms with Crippen molar-refractivity contribution in [3.63, 3.8) is 0 Å². The lowest BCUT2D eigenvalue weighted by Gasteiger charge is -2.26. The van der Waals surface area contributed by atoms with Gasteiger partial charge in [-0.15, -0.1) is 0 Å². The van der Waals surface area contributed by atoms with E-state index in [1.54, 1.807) is 0 Å². The highest BCUT2D eigenvalue weighted by Gasteiger charge is 2.18. The first-order valence-electron chi connectivity index (χ1n) is 5.85. The maximum atomic E-state index is 5.37. The van der Waals surface area contributed by atoms with Crippen molar-refractivity contribution < 1.29 is 4.74 Å². The van der Waals surface area contributed by atoms with Gasteiger partial charge in [-0.1, -0.05) is 0 Å². The molecule has 2 heterocycles. The lowest BCUT2D eigenvalue weighted by Crippen LogP contribution is -2.29. The van der Waals surface area contributed by atoms with E-state index in [4.69, 9.17) is 4.74 Å². The predicted molar refractivity (Wildman–Crippen MR) is 61.9 cm³/mol. The van der Waals surface area contributed by atoms with Crippen LogP contribution in [0.1, 0.15) is 25.7 Å². The van der Waals surface area contributed by atoms with Gasteiger partial charge >= 0.3 is 0 Å². The molecule has 82 valence electrons. The smallest absolute Gasteiger partial charge is 0.0476 e. The molecule has 0 aromatic carbocycles. The summed E-state index contributed by atoms with van der Waals surface area (Å²) in [6.45, 7) is 4.45. The van der Waals surface area contributed by atoms with Crippen molar-refractivity contribution in [2.75, 3.05) is 32.1 Å². The molecule has 0 aromatic rings. The van der Waals surface area contributed by atoms with Crippen molar-refractivity contribution in [3.8, 4) is 0 Å². The zero-order valence-electron chi connectivity index (χ0n) is 8.84. The van der Waals surface area contributed by atoms with E-state index >= 15 is 0 Å². The monoisotopic (exact) mass is 215 g/mol. The first-order chi connectivity index (χ1) is 6.95. The highest BCUT2D eigenvalue weighted by atomic mass is 32.2. The summed E-state index contributed by atoms with van der Waals surface area (Å²) in [5.74, 6) is 2.36. The average Bonchev–Trinajstić information content (AvgIpc) is 2.29. The molecule has 2 rings (SSSR count). The molecule has 2 fully saturated rings. The van der Waals surface area contributed by atoms with Crippen LogP contribution < -0.4 is 5.32 Å². The summed E-state index contributed by atoms with van der Waals surface area (Å²) in [6, 6.07) is 0. The Morgan fingerprint density at radius 3 is 2.50 bits per heavy atom. The van der Waals surface area contributed by atoms with Crippen molar-refractivity contribution in [1.82, 2.24) is 5.32 Å². The van der Waals surface area contributed by atoms with Gasteiger partial charge in [-0.3, -0.25) is 0 Å². The Kier molecular flexibility index (Phi) is 4.61. The van der Waals surface area contributed by atoms with Crippen molar-refractivity contribution in [3.05, 3.63) is 0 Å². The molecule has 0 bridgehead atoms. The number of rotatable bonds is 3. The first-order valence-corrected chi connectivity index (χ1v) is 6.90. The van der Waals surface area contributed by atoms with Crippen molar-refractivity contribution in [2.45, 2.75) is 30.9 Å². The molecule has 2 nitrogen and oxygen atoms in total. The molecule has 14 heavy (non-hydrogen) atoms. The van der Waals surface area contributed by atoms with E-state index in [0.717, 1.165) is 24.4 Å². The van der Waals surface area contributed by atoms with Crippen LogP contribution in [0, 0.1) is 5.92 Å². The number of nitrogens with one attached hydrogen (secondary N) is 1. The van der Waals surface area contributed by atoms with Crippen LogP contribution in [-0.2, 0) is 4.74 Å². The van der Waals surface area contributed by atoms with Crippen LogP contribution in [-0.4, -0.2) is 37.3 Å². The van der Waals surface area contributed by atoms with Gasteiger partial charge in [0.25, 0.3) is 0 Å². The molecule has 0 aromatic heterocycles. The van der Waals surface area contributed by atoms with Gasteiger partial charge in [0.1, 0.15) is 0 Å². The van der Waals surface area contributed by atoms with E-state index in [9.17, 15) is 0 Å². The van der Waals surface area contributed by atoms with Crippen molar-refractivity contribution in [2.24, 2.45) is 5.92 Å². The van der Waals surface area contributed by atoms with Gasteiger partial charge in [-0.2, -0.15) is 11.8 Å². The lowest BCUT2D eigenvalue weighted by molar-refractivity contribution is 0.0999. The highest BCUT2D eigenvalue weighted by Crippen LogP contribution is 2.26. The van der Waals surface area contributed by atoms with Crippen LogP contribution >= 0.6 is 11.8 Å². The Labute approximate surface area is 91.2 Å². The Balaban J connectivity index is 1.60. The summed E-state index contributed by atoms with van der Waals surface area (Å²) in [7, 11) is 0. The minimum Gasteiger partial charge on any atom is -0.381 e. The van der Waals surface area contributed by atoms with E-state index in [-0.39, 0.29) is 0 Å². The van der Waals surface area contributed by atoms with Crippen LogP contribution in [0.2, 0.25) is 0 Å². The van der Waals surface area contributed by atoms with Crippen LogP contribution in [0.25, 0.3) is 0 Å². The topological polar surface area (TPSA) is 21.3 Å². The summed E-state index contributed by atoms with van der Waals surface area (Å²) in [5.41, 5.74) is 0. The van der Waals surface area contributed by atoms with Gasteiger partial charge in [0.05, 0.1) is 0 Å². The quantitative estimate of drug-likeness (QED) is 0.777. The zero-order chi connectivity index (χ0) is 9.64. The molecular weight excluding hydrogens is 194 g/mol. The third kappa shape index (κ3) is 3.44. The standard InChI is InChI=1S/C11H21NOS/c1-5-12-6-2-10(1)9-14-11-3-7-13-8-4-11/h10-12H,1-9H2. The van der Waals surface area contributed by atoms with Crippen LogP contribution in [0.15, 0.2) is 0 Å². The molecule has 0 amide bonds. The van der Waals surface area contributed by atoms with E-state index < -0.39 is 0 Å². The van der Waals surface area contributed by atoms with Gasteiger partial charge in [0.15, 0.2) is 0 Å². The van der Waals surface area contributed by atoms with E-state index in [0.29, 0.717) is 0 Å². The van der Waals surface area contributed by atoms with Gasteiger partial charge in [0, 0.05) is 18.5 Å². The predicted octanol–water partition coefficient (Wildman–Crippen LogP) is 1.90. The summed E-state index contributed by atoms with van der Waals surface area (Å²) in [5, 5.41) is 4.31. The second kappa shape index (κ2) is 5.99. The average molecular weight is 215 g/mol. The molecule has 2 aliphatic rings. The minimum absolute atomic E-state index is 0.888. The number of piperidine rings is 1. The second-order valence-electron chi connectivity index (χ2n) is 4.34. The van der Waals surface area contributed by atoms with Gasteiger partial charge in [-0.05, 0) is 50.4 Å². The van der Waals surface area contributed by atoms with Gasteiger partial charge in [-0.25, -0.2) is 0 Å². The van der Waals surface area contributed by atoms with E-state index in [2.05, 4.69) is 17.1 Å². The van der Waals surface area contributed by atoms with Crippen molar-refractivity contribution in [1.29, 1.82) is 0 Å². The second-order valence-corrected chi connectivity index (χ2v) is 5.67. The minimum atomic E-state index is 0.888. The zero-order valence-corrected chi connectivity index (χ0v) is 9.65. The van der Waals surface area contributed by atoms with Crippen LogP contribution in [0.5, 0.6) is 0 Å². The third-order valence-corrected chi connectivity index (χ3v) is 4.80. The molecule has 2 saturated heterocycles. The fraction of sp³-hybridized carbons (Fsp3) is 1.00. The summed E-state index contributed by atoms with van der Waals surface area (Å²) in [4.78, 5) is 0. The molecule has 0 saturated carbocycles. The third-order valence-electron chi connectivity index (χ3n) is 3.19. The fourth-order valence-corrected chi connectivity index (χ4v) is 3.57. The molecule has 2 aliphatic heterocycles. The van der Waals surface area contributed by atoms with Crippen molar-refractivity contribution >= 4 is 11.8 Å². The van der Waals surface area contributed by atoms with E-state index in [1.165, 1.54) is 44.5 Å². The molecule has 0 unspecified atom stereocenters. The summed E-state index contributed by atoms with van der Waals surface area (Å²) < 4.78 is 5.37. The number of hydrogen-bond acceptors (Lipinski definition) is 3. The maximum absolute atomic E-state index is 5.37. The Morgan fingerprint density at radius 1 is 1.07 bits per heavy atom. The molecule has 0 aliphatic carbocycles. The Morgan fingerprint density at radius 2 is 1.79 bits per heavy atom. The van der Waals surface area contributed by atoms with E-state index in [1.807, 2.05) is 0 Å². The largest absolute Gasteiger partial charge is 0.381 e. The SMILES string of the molecule is C1CC(CSC2CCOCC2)CCN1. The molecular formula is C11H21NOS. The first kappa shape index (κ1) is 10.8. The molecule has 0 atom stereocenters. The summed E-state index contributed by atoms with van der Waals surface area (Å²) >= 11 is 2.20. The molecule has 1 N–H and O–H groups in total. The van der Waals surface area contributed by atoms with Gasteiger partial charge < -0.3 is 10.1 Å². The summed E-state index contributed by atoms with van der Waals surface area (Å²) in [6.07, 6.45) is 5.32. The normalized spacial score (nSPS) is 26.6. The molecule has 0 radical (unpaired) electrons. The fourth-order valence-electron chi connectivity index (χ4n) is 2.16. The van der Waals surface area contributed by atoms with Crippen LogP contribution in [0.3, 0.4) is 0 Å². The molecule has 0 spiro atoms. The Hall–Kier alpha value is 0.270. The Bertz CT molecular complexity index is 135. The highest BCUT2D eigenvalue weighted by molar-refractivity contribution is 7.99.